The summed E-state index contributed by atoms with van der Waals surface area (Å²) in [5, 5.41) is 0. The third kappa shape index (κ3) is 2.49. The van der Waals surface area contributed by atoms with Crippen molar-refractivity contribution in [1.29, 1.82) is 0 Å². The molecule has 0 spiro atoms. The average molecular weight is 336 g/mol. The van der Waals surface area contributed by atoms with E-state index in [-0.39, 0.29) is 24.6 Å². The molecule has 128 valence electrons. The maximum Gasteiger partial charge on any atom is 0.307 e. The van der Waals surface area contributed by atoms with E-state index in [1.54, 1.807) is 37.3 Å². The van der Waals surface area contributed by atoms with E-state index >= 15 is 0 Å². The van der Waals surface area contributed by atoms with Crippen molar-refractivity contribution in [1.82, 2.24) is 0 Å². The Morgan fingerprint density at radius 2 is 1.56 bits per heavy atom. The Labute approximate surface area is 146 Å². The third-order valence-corrected chi connectivity index (χ3v) is 4.97. The lowest BCUT2D eigenvalue weighted by molar-refractivity contribution is -0.143. The van der Waals surface area contributed by atoms with Crippen molar-refractivity contribution >= 4 is 17.5 Å². The minimum Gasteiger partial charge on any atom is -0.466 e. The first-order valence-electron chi connectivity index (χ1n) is 8.34. The van der Waals surface area contributed by atoms with Crippen LogP contribution < -0.4 is 0 Å². The molecule has 0 radical (unpaired) electrons. The van der Waals surface area contributed by atoms with Crippen molar-refractivity contribution < 1.29 is 19.1 Å². The van der Waals surface area contributed by atoms with Gasteiger partial charge in [0.15, 0.2) is 11.6 Å². The van der Waals surface area contributed by atoms with Crippen LogP contribution in [0.15, 0.2) is 42.5 Å². The van der Waals surface area contributed by atoms with E-state index < -0.39 is 11.4 Å². The molecule has 0 N–H and O–H groups in total. The van der Waals surface area contributed by atoms with Crippen LogP contribution in [-0.4, -0.2) is 24.1 Å². The van der Waals surface area contributed by atoms with E-state index in [9.17, 15) is 14.4 Å². The summed E-state index contributed by atoms with van der Waals surface area (Å²) in [4.78, 5) is 38.9. The predicted molar refractivity (Wildman–Crippen MR) is 93.9 cm³/mol. The summed E-state index contributed by atoms with van der Waals surface area (Å²) in [6, 6.07) is 12.3. The number of benzene rings is 2. The van der Waals surface area contributed by atoms with Crippen molar-refractivity contribution in [2.45, 2.75) is 32.6 Å². The van der Waals surface area contributed by atoms with E-state index in [0.717, 1.165) is 11.1 Å². The fraction of sp³-hybridized carbons (Fsp3) is 0.286. The fourth-order valence-electron chi connectivity index (χ4n) is 3.58. The standard InChI is InChI=1S/C21H20O4/c1-4-25-18(22)12-21(17-11-7-8-13(2)14(17)3)19(23)15-9-5-6-10-16(15)20(21)24/h5-11H,4,12H2,1-3H3. The Kier molecular flexibility index (Phi) is 4.29. The topological polar surface area (TPSA) is 60.4 Å². The van der Waals surface area contributed by atoms with E-state index in [1.807, 2.05) is 26.0 Å². The molecule has 3 rings (SSSR count). The number of Topliss-reactive ketones (excluding diaryl/α,β-unsaturated/α-hetero) is 2. The molecule has 0 unspecified atom stereocenters. The largest absolute Gasteiger partial charge is 0.466 e. The molecular weight excluding hydrogens is 316 g/mol. The third-order valence-electron chi connectivity index (χ3n) is 4.97. The summed E-state index contributed by atoms with van der Waals surface area (Å²) in [5.41, 5.74) is 1.62. The van der Waals surface area contributed by atoms with Crippen molar-refractivity contribution in [2.24, 2.45) is 0 Å². The lowest BCUT2D eigenvalue weighted by Gasteiger charge is -2.28. The highest BCUT2D eigenvalue weighted by atomic mass is 16.5. The van der Waals surface area contributed by atoms with Crippen molar-refractivity contribution in [2.75, 3.05) is 6.61 Å². The van der Waals surface area contributed by atoms with Gasteiger partial charge in [0.2, 0.25) is 0 Å². The first-order valence-corrected chi connectivity index (χ1v) is 8.34. The number of ether oxygens (including phenoxy) is 1. The molecule has 0 atom stereocenters. The molecule has 0 heterocycles. The number of carbonyl (C=O) groups is 3. The Hall–Kier alpha value is -2.75. The molecule has 2 aromatic rings. The van der Waals surface area contributed by atoms with Gasteiger partial charge in [0, 0.05) is 11.1 Å². The first-order chi connectivity index (χ1) is 11.9. The lowest BCUT2D eigenvalue weighted by Crippen LogP contribution is -2.41. The van der Waals surface area contributed by atoms with Gasteiger partial charge >= 0.3 is 5.97 Å². The van der Waals surface area contributed by atoms with Gasteiger partial charge in [-0.05, 0) is 37.5 Å². The SMILES string of the molecule is CCOC(=O)CC1(c2cccc(C)c2C)C(=O)c2ccccc2C1=O. The van der Waals surface area contributed by atoms with E-state index in [0.29, 0.717) is 16.7 Å². The molecule has 0 saturated heterocycles. The van der Waals surface area contributed by atoms with E-state index in [2.05, 4.69) is 0 Å². The van der Waals surface area contributed by atoms with Crippen LogP contribution in [0.5, 0.6) is 0 Å². The van der Waals surface area contributed by atoms with Crippen LogP contribution in [0.3, 0.4) is 0 Å². The van der Waals surface area contributed by atoms with Gasteiger partial charge in [-0.25, -0.2) is 0 Å². The van der Waals surface area contributed by atoms with Crippen molar-refractivity contribution in [3.63, 3.8) is 0 Å². The quantitative estimate of drug-likeness (QED) is 0.632. The summed E-state index contributed by atoms with van der Waals surface area (Å²) in [5.74, 6) is -1.19. The molecule has 0 aliphatic heterocycles. The highest BCUT2D eigenvalue weighted by Crippen LogP contribution is 2.44. The number of hydrogen-bond donors (Lipinski definition) is 0. The van der Waals surface area contributed by atoms with E-state index in [1.165, 1.54) is 0 Å². The molecule has 4 heteroatoms. The van der Waals surface area contributed by atoms with Crippen LogP contribution in [0.2, 0.25) is 0 Å². The van der Waals surface area contributed by atoms with Crippen LogP contribution in [0.25, 0.3) is 0 Å². The summed E-state index contributed by atoms with van der Waals surface area (Å²) in [7, 11) is 0. The summed E-state index contributed by atoms with van der Waals surface area (Å²) in [6.07, 6.45) is -0.280. The van der Waals surface area contributed by atoms with Crippen molar-refractivity contribution in [3.05, 3.63) is 70.3 Å². The smallest absolute Gasteiger partial charge is 0.307 e. The second kappa shape index (κ2) is 6.28. The zero-order valence-electron chi connectivity index (χ0n) is 14.6. The molecular formula is C21H20O4. The molecule has 0 bridgehead atoms. The minimum absolute atomic E-state index is 0.205. The molecule has 4 nitrogen and oxygen atoms in total. The van der Waals surface area contributed by atoms with Gasteiger partial charge in [-0.15, -0.1) is 0 Å². The molecule has 0 saturated carbocycles. The second-order valence-electron chi connectivity index (χ2n) is 6.34. The summed E-state index contributed by atoms with van der Waals surface area (Å²) >= 11 is 0. The predicted octanol–water partition coefficient (Wildman–Crippen LogP) is 3.57. The Bertz CT molecular complexity index is 844. The first kappa shape index (κ1) is 17.1. The normalized spacial score (nSPS) is 15.2. The number of ketones is 2. The fourth-order valence-corrected chi connectivity index (χ4v) is 3.58. The van der Waals surface area contributed by atoms with Crippen LogP contribution in [0.4, 0.5) is 0 Å². The highest BCUT2D eigenvalue weighted by Gasteiger charge is 2.56. The van der Waals surface area contributed by atoms with Crippen LogP contribution in [-0.2, 0) is 14.9 Å². The molecule has 25 heavy (non-hydrogen) atoms. The Morgan fingerprint density at radius 3 is 2.12 bits per heavy atom. The van der Waals surface area contributed by atoms with E-state index in [4.69, 9.17) is 4.74 Å². The van der Waals surface area contributed by atoms with Gasteiger partial charge in [0.05, 0.1) is 13.0 Å². The van der Waals surface area contributed by atoms with Crippen LogP contribution in [0, 0.1) is 13.8 Å². The molecule has 0 fully saturated rings. The number of esters is 1. The lowest BCUT2D eigenvalue weighted by atomic mass is 9.71. The number of hydrogen-bond acceptors (Lipinski definition) is 4. The zero-order chi connectivity index (χ0) is 18.2. The monoisotopic (exact) mass is 336 g/mol. The number of fused-ring (bicyclic) bond motifs is 1. The highest BCUT2D eigenvalue weighted by molar-refractivity contribution is 6.34. The van der Waals surface area contributed by atoms with Gasteiger partial charge in [-0.2, -0.15) is 0 Å². The maximum absolute atomic E-state index is 13.3. The summed E-state index contributed by atoms with van der Waals surface area (Å²) in [6.45, 7) is 5.71. The molecule has 2 aromatic carbocycles. The van der Waals surface area contributed by atoms with Gasteiger partial charge < -0.3 is 4.74 Å². The summed E-state index contributed by atoms with van der Waals surface area (Å²) < 4.78 is 5.07. The Morgan fingerprint density at radius 1 is 0.960 bits per heavy atom. The second-order valence-corrected chi connectivity index (χ2v) is 6.34. The molecule has 0 amide bonds. The van der Waals surface area contributed by atoms with Gasteiger partial charge in [0.25, 0.3) is 0 Å². The molecule has 1 aliphatic rings. The van der Waals surface area contributed by atoms with Crippen molar-refractivity contribution in [3.8, 4) is 0 Å². The van der Waals surface area contributed by atoms with Gasteiger partial charge in [-0.3, -0.25) is 14.4 Å². The average Bonchev–Trinajstić information content (AvgIpc) is 2.81. The Balaban J connectivity index is 2.25. The maximum atomic E-state index is 13.3. The zero-order valence-corrected chi connectivity index (χ0v) is 14.6. The van der Waals surface area contributed by atoms with Crippen LogP contribution >= 0.6 is 0 Å². The number of rotatable bonds is 4. The molecule has 1 aliphatic carbocycles. The van der Waals surface area contributed by atoms with Gasteiger partial charge in [-0.1, -0.05) is 42.5 Å². The van der Waals surface area contributed by atoms with Crippen LogP contribution in [0.1, 0.15) is 50.8 Å². The van der Waals surface area contributed by atoms with Gasteiger partial charge in [0.1, 0.15) is 5.41 Å². The number of carbonyl (C=O) groups excluding carboxylic acids is 3. The minimum atomic E-state index is -1.54. The molecule has 0 aromatic heterocycles. The number of aryl methyl sites for hydroxylation is 1.